The Bertz CT molecular complexity index is 627. The maximum atomic E-state index is 12.4. The molecule has 0 saturated carbocycles. The summed E-state index contributed by atoms with van der Waals surface area (Å²) in [6.07, 6.45) is 2.48. The van der Waals surface area contributed by atoms with E-state index in [1.54, 1.807) is 6.20 Å². The van der Waals surface area contributed by atoms with Crippen LogP contribution in [-0.2, 0) is 17.8 Å². The lowest BCUT2D eigenvalue weighted by molar-refractivity contribution is -0.124. The number of hydrogen-bond donors (Lipinski definition) is 2. The second-order valence-corrected chi connectivity index (χ2v) is 5.39. The predicted molar refractivity (Wildman–Crippen MR) is 81.6 cm³/mol. The summed E-state index contributed by atoms with van der Waals surface area (Å²) in [6, 6.07) is 13.7. The standard InChI is InChI=1S/C17H19N3O/c1-12(15-8-4-5-9-18-15)20-17(21)16-10-13-6-2-3-7-14(13)11-19-16/h2-9,12,16,19H,10-11H2,1H3,(H,20,21)/t12?,16-/m0/s1. The van der Waals surface area contributed by atoms with Crippen LogP contribution in [0.2, 0.25) is 0 Å². The van der Waals surface area contributed by atoms with Gasteiger partial charge in [-0.25, -0.2) is 0 Å². The molecule has 4 nitrogen and oxygen atoms in total. The lowest BCUT2D eigenvalue weighted by Crippen LogP contribution is -2.48. The van der Waals surface area contributed by atoms with Crippen LogP contribution < -0.4 is 10.6 Å². The highest BCUT2D eigenvalue weighted by Gasteiger charge is 2.25. The number of fused-ring (bicyclic) bond motifs is 1. The second kappa shape index (κ2) is 6.06. The van der Waals surface area contributed by atoms with Crippen LogP contribution >= 0.6 is 0 Å². The van der Waals surface area contributed by atoms with Crippen molar-refractivity contribution in [3.63, 3.8) is 0 Å². The van der Waals surface area contributed by atoms with Gasteiger partial charge in [-0.2, -0.15) is 0 Å². The topological polar surface area (TPSA) is 54.0 Å². The molecule has 2 atom stereocenters. The molecule has 1 unspecified atom stereocenters. The van der Waals surface area contributed by atoms with Crippen molar-refractivity contribution < 1.29 is 4.79 Å². The van der Waals surface area contributed by atoms with E-state index in [2.05, 4.69) is 27.8 Å². The van der Waals surface area contributed by atoms with Gasteiger partial charge in [-0.3, -0.25) is 9.78 Å². The van der Waals surface area contributed by atoms with Crippen LogP contribution in [0.1, 0.15) is 29.8 Å². The summed E-state index contributed by atoms with van der Waals surface area (Å²) in [5, 5.41) is 6.33. The van der Waals surface area contributed by atoms with Crippen molar-refractivity contribution in [3.8, 4) is 0 Å². The van der Waals surface area contributed by atoms with Gasteiger partial charge in [-0.15, -0.1) is 0 Å². The summed E-state index contributed by atoms with van der Waals surface area (Å²) in [4.78, 5) is 16.7. The maximum Gasteiger partial charge on any atom is 0.238 e. The Morgan fingerprint density at radius 3 is 2.76 bits per heavy atom. The van der Waals surface area contributed by atoms with Gasteiger partial charge in [0.15, 0.2) is 0 Å². The molecule has 0 aliphatic carbocycles. The van der Waals surface area contributed by atoms with Gasteiger partial charge >= 0.3 is 0 Å². The average molecular weight is 281 g/mol. The normalized spacial score (nSPS) is 18.6. The first kappa shape index (κ1) is 13.8. The Balaban J connectivity index is 1.65. The third-order valence-electron chi connectivity index (χ3n) is 3.89. The van der Waals surface area contributed by atoms with Gasteiger partial charge < -0.3 is 10.6 Å². The fourth-order valence-corrected chi connectivity index (χ4v) is 2.66. The quantitative estimate of drug-likeness (QED) is 0.904. The van der Waals surface area contributed by atoms with Gasteiger partial charge in [0, 0.05) is 12.7 Å². The molecule has 21 heavy (non-hydrogen) atoms. The minimum Gasteiger partial charge on any atom is -0.347 e. The number of aromatic nitrogens is 1. The van der Waals surface area contributed by atoms with Gasteiger partial charge in [-0.05, 0) is 36.6 Å². The summed E-state index contributed by atoms with van der Waals surface area (Å²) >= 11 is 0. The number of pyridine rings is 1. The van der Waals surface area contributed by atoms with E-state index < -0.39 is 0 Å². The Labute approximate surface area is 124 Å². The van der Waals surface area contributed by atoms with Crippen molar-refractivity contribution in [2.45, 2.75) is 32.0 Å². The molecule has 0 fully saturated rings. The number of nitrogens with one attached hydrogen (secondary N) is 2. The van der Waals surface area contributed by atoms with Gasteiger partial charge in [0.1, 0.15) is 0 Å². The van der Waals surface area contributed by atoms with Crippen molar-refractivity contribution >= 4 is 5.91 Å². The van der Waals surface area contributed by atoms with Crippen LogP contribution in [-0.4, -0.2) is 16.9 Å². The summed E-state index contributed by atoms with van der Waals surface area (Å²) < 4.78 is 0. The highest BCUT2D eigenvalue weighted by atomic mass is 16.2. The lowest BCUT2D eigenvalue weighted by Gasteiger charge is -2.26. The van der Waals surface area contributed by atoms with Crippen molar-refractivity contribution in [1.82, 2.24) is 15.6 Å². The average Bonchev–Trinajstić information content (AvgIpc) is 2.55. The van der Waals surface area contributed by atoms with Crippen LogP contribution in [0.5, 0.6) is 0 Å². The Morgan fingerprint density at radius 1 is 1.24 bits per heavy atom. The first-order valence-corrected chi connectivity index (χ1v) is 7.25. The number of benzene rings is 1. The molecule has 1 aromatic heterocycles. The molecule has 1 amide bonds. The van der Waals surface area contributed by atoms with Crippen LogP contribution in [0.4, 0.5) is 0 Å². The number of nitrogens with zero attached hydrogens (tertiary/aromatic N) is 1. The van der Waals surface area contributed by atoms with Gasteiger partial charge in [0.25, 0.3) is 0 Å². The van der Waals surface area contributed by atoms with Gasteiger partial charge in [-0.1, -0.05) is 30.3 Å². The monoisotopic (exact) mass is 281 g/mol. The largest absolute Gasteiger partial charge is 0.347 e. The first-order chi connectivity index (χ1) is 10.2. The minimum atomic E-state index is -0.175. The first-order valence-electron chi connectivity index (χ1n) is 7.25. The van der Waals surface area contributed by atoms with E-state index >= 15 is 0 Å². The fraction of sp³-hybridized carbons (Fsp3) is 0.294. The molecule has 2 aromatic rings. The third-order valence-corrected chi connectivity index (χ3v) is 3.89. The molecule has 0 bridgehead atoms. The van der Waals surface area contributed by atoms with Gasteiger partial charge in [0.05, 0.1) is 17.8 Å². The molecule has 1 aliphatic rings. The molecule has 0 saturated heterocycles. The fourth-order valence-electron chi connectivity index (χ4n) is 2.66. The van der Waals surface area contributed by atoms with Crippen LogP contribution in [0.25, 0.3) is 0 Å². The molecule has 1 aliphatic heterocycles. The van der Waals surface area contributed by atoms with E-state index in [1.807, 2.05) is 37.3 Å². The third kappa shape index (κ3) is 3.11. The summed E-state index contributed by atoms with van der Waals surface area (Å²) in [7, 11) is 0. The minimum absolute atomic E-state index is 0.0302. The molecule has 2 heterocycles. The zero-order valence-electron chi connectivity index (χ0n) is 12.0. The van der Waals surface area contributed by atoms with Crippen molar-refractivity contribution in [3.05, 3.63) is 65.5 Å². The van der Waals surface area contributed by atoms with Crippen LogP contribution in [0, 0.1) is 0 Å². The number of carbonyl (C=O) groups is 1. The molecule has 108 valence electrons. The number of amides is 1. The summed E-state index contributed by atoms with van der Waals surface area (Å²) in [5.41, 5.74) is 3.41. The maximum absolute atomic E-state index is 12.4. The van der Waals surface area contributed by atoms with E-state index in [0.29, 0.717) is 0 Å². The highest BCUT2D eigenvalue weighted by Crippen LogP contribution is 2.17. The SMILES string of the molecule is CC(NC(=O)[C@@H]1Cc2ccccc2CN1)c1ccccn1. The van der Waals surface area contributed by atoms with Crippen LogP contribution in [0.3, 0.4) is 0 Å². The number of carbonyl (C=O) groups excluding carboxylic acids is 1. The Hall–Kier alpha value is -2.20. The molecule has 3 rings (SSSR count). The van der Waals surface area contributed by atoms with E-state index in [-0.39, 0.29) is 18.0 Å². The zero-order chi connectivity index (χ0) is 14.7. The zero-order valence-corrected chi connectivity index (χ0v) is 12.0. The van der Waals surface area contributed by atoms with Crippen molar-refractivity contribution in [2.24, 2.45) is 0 Å². The van der Waals surface area contributed by atoms with Crippen molar-refractivity contribution in [2.75, 3.05) is 0 Å². The predicted octanol–water partition coefficient (Wildman–Crippen LogP) is 1.97. The molecular weight excluding hydrogens is 262 g/mol. The molecule has 0 spiro atoms. The Kier molecular flexibility index (Phi) is 3.97. The van der Waals surface area contributed by atoms with Crippen LogP contribution in [0.15, 0.2) is 48.7 Å². The summed E-state index contributed by atoms with van der Waals surface area (Å²) in [6.45, 7) is 2.70. The molecular formula is C17H19N3O. The highest BCUT2D eigenvalue weighted by molar-refractivity contribution is 5.82. The lowest BCUT2D eigenvalue weighted by atomic mass is 9.95. The molecule has 1 aromatic carbocycles. The van der Waals surface area contributed by atoms with E-state index in [1.165, 1.54) is 11.1 Å². The number of rotatable bonds is 3. The van der Waals surface area contributed by atoms with E-state index in [0.717, 1.165) is 18.7 Å². The molecule has 4 heteroatoms. The molecule has 0 radical (unpaired) electrons. The molecule has 2 N–H and O–H groups in total. The van der Waals surface area contributed by atoms with Crippen molar-refractivity contribution in [1.29, 1.82) is 0 Å². The van der Waals surface area contributed by atoms with Gasteiger partial charge in [0.2, 0.25) is 5.91 Å². The van der Waals surface area contributed by atoms with E-state index in [4.69, 9.17) is 0 Å². The second-order valence-electron chi connectivity index (χ2n) is 5.39. The number of hydrogen-bond acceptors (Lipinski definition) is 3. The summed E-state index contributed by atoms with van der Waals surface area (Å²) in [5.74, 6) is 0.0302. The smallest absolute Gasteiger partial charge is 0.238 e. The Morgan fingerprint density at radius 2 is 2.00 bits per heavy atom. The van der Waals surface area contributed by atoms with E-state index in [9.17, 15) is 4.79 Å².